The molecule has 0 spiro atoms. The highest BCUT2D eigenvalue weighted by atomic mass is 19.4. The molecular weight excluding hydrogens is 427 g/mol. The molecule has 0 radical (unpaired) electrons. The molecule has 1 aromatic heterocycles. The van der Waals surface area contributed by atoms with E-state index in [4.69, 9.17) is 0 Å². The van der Waals surface area contributed by atoms with Crippen LogP contribution in [0.1, 0.15) is 33.8 Å². The molecule has 0 saturated carbocycles. The van der Waals surface area contributed by atoms with E-state index in [0.717, 1.165) is 5.56 Å². The lowest BCUT2D eigenvalue weighted by Gasteiger charge is -2.22. The smallest absolute Gasteiger partial charge is 0.406 e. The number of ether oxygens (including phenoxy) is 1. The molecule has 1 heterocycles. The standard InChI is InChI=1S/C27H20F3NO2/c28-27(29,30)33-21-14-15-22(25-13-7-8-16-31-25)24(17-21)23(19-9-3-1-4-10-19)18-26(32)20-11-5-2-6-12-20/h1-17,23H,18H2/t23-/m1/s1. The minimum atomic E-state index is -4.83. The molecule has 0 aliphatic heterocycles. The minimum Gasteiger partial charge on any atom is -0.406 e. The molecule has 0 saturated heterocycles. The Labute approximate surface area is 189 Å². The van der Waals surface area contributed by atoms with Crippen molar-refractivity contribution >= 4 is 5.78 Å². The Morgan fingerprint density at radius 2 is 1.52 bits per heavy atom. The summed E-state index contributed by atoms with van der Waals surface area (Å²) in [6.45, 7) is 0. The zero-order valence-electron chi connectivity index (χ0n) is 17.5. The highest BCUT2D eigenvalue weighted by Crippen LogP contribution is 2.38. The average molecular weight is 447 g/mol. The van der Waals surface area contributed by atoms with Crippen LogP contribution in [0.25, 0.3) is 11.3 Å². The molecule has 0 unspecified atom stereocenters. The Morgan fingerprint density at radius 3 is 2.15 bits per heavy atom. The maximum Gasteiger partial charge on any atom is 0.573 e. The van der Waals surface area contributed by atoms with Gasteiger partial charge in [-0.2, -0.15) is 0 Å². The molecule has 0 aliphatic carbocycles. The number of pyridine rings is 1. The summed E-state index contributed by atoms with van der Waals surface area (Å²) in [6.07, 6.45) is -3.14. The molecular formula is C27H20F3NO2. The van der Waals surface area contributed by atoms with Gasteiger partial charge in [0.05, 0.1) is 5.69 Å². The van der Waals surface area contributed by atoms with Crippen LogP contribution in [0.2, 0.25) is 0 Å². The van der Waals surface area contributed by atoms with Gasteiger partial charge in [0.15, 0.2) is 5.78 Å². The number of hydrogen-bond acceptors (Lipinski definition) is 3. The number of nitrogens with zero attached hydrogens (tertiary/aromatic N) is 1. The fourth-order valence-electron chi connectivity index (χ4n) is 3.80. The van der Waals surface area contributed by atoms with E-state index >= 15 is 0 Å². The summed E-state index contributed by atoms with van der Waals surface area (Å²) in [5, 5.41) is 0. The summed E-state index contributed by atoms with van der Waals surface area (Å²) < 4.78 is 43.1. The van der Waals surface area contributed by atoms with E-state index in [1.807, 2.05) is 36.4 Å². The van der Waals surface area contributed by atoms with E-state index in [1.54, 1.807) is 54.7 Å². The summed E-state index contributed by atoms with van der Waals surface area (Å²) in [4.78, 5) is 17.5. The van der Waals surface area contributed by atoms with Crippen LogP contribution >= 0.6 is 0 Å². The van der Waals surface area contributed by atoms with Crippen molar-refractivity contribution in [2.75, 3.05) is 0 Å². The van der Waals surface area contributed by atoms with Gasteiger partial charge in [-0.15, -0.1) is 13.2 Å². The normalized spacial score (nSPS) is 12.2. The van der Waals surface area contributed by atoms with Gasteiger partial charge in [0.2, 0.25) is 0 Å². The van der Waals surface area contributed by atoms with Crippen molar-refractivity contribution in [3.8, 4) is 17.0 Å². The van der Waals surface area contributed by atoms with Gasteiger partial charge in [0.25, 0.3) is 0 Å². The lowest BCUT2D eigenvalue weighted by Crippen LogP contribution is -2.18. The van der Waals surface area contributed by atoms with Gasteiger partial charge < -0.3 is 4.74 Å². The lowest BCUT2D eigenvalue weighted by molar-refractivity contribution is -0.274. The number of halogens is 3. The molecule has 166 valence electrons. The number of Topliss-reactive ketones (excluding diaryl/α,β-unsaturated/α-hetero) is 1. The third-order valence-corrected chi connectivity index (χ3v) is 5.26. The van der Waals surface area contributed by atoms with Gasteiger partial charge in [-0.3, -0.25) is 9.78 Å². The van der Waals surface area contributed by atoms with Crippen molar-refractivity contribution in [2.24, 2.45) is 0 Å². The predicted molar refractivity (Wildman–Crippen MR) is 120 cm³/mol. The Balaban J connectivity index is 1.85. The van der Waals surface area contributed by atoms with Crippen molar-refractivity contribution in [2.45, 2.75) is 18.7 Å². The van der Waals surface area contributed by atoms with Crippen molar-refractivity contribution in [3.63, 3.8) is 0 Å². The summed E-state index contributed by atoms with van der Waals surface area (Å²) in [5.74, 6) is -0.962. The second-order valence-corrected chi connectivity index (χ2v) is 7.47. The molecule has 1 atom stereocenters. The molecule has 0 fully saturated rings. The van der Waals surface area contributed by atoms with Gasteiger partial charge in [-0.05, 0) is 41.5 Å². The monoisotopic (exact) mass is 447 g/mol. The van der Waals surface area contributed by atoms with E-state index < -0.39 is 12.3 Å². The fraction of sp³-hybridized carbons (Fsp3) is 0.111. The largest absolute Gasteiger partial charge is 0.573 e. The Hall–Kier alpha value is -3.93. The van der Waals surface area contributed by atoms with E-state index in [2.05, 4.69) is 9.72 Å². The summed E-state index contributed by atoms with van der Waals surface area (Å²) in [7, 11) is 0. The molecule has 0 aliphatic rings. The number of aromatic nitrogens is 1. The molecule has 4 rings (SSSR count). The maximum absolute atomic E-state index is 13.1. The Kier molecular flexibility index (Phi) is 6.54. The highest BCUT2D eigenvalue weighted by molar-refractivity contribution is 5.97. The predicted octanol–water partition coefficient (Wildman–Crippen LogP) is 7.05. The van der Waals surface area contributed by atoms with Gasteiger partial charge in [0.1, 0.15) is 5.75 Å². The number of benzene rings is 3. The van der Waals surface area contributed by atoms with Crippen LogP contribution in [0.3, 0.4) is 0 Å². The van der Waals surface area contributed by atoms with Gasteiger partial charge >= 0.3 is 6.36 Å². The number of carbonyl (C=O) groups is 1. The number of carbonyl (C=O) groups excluding carboxylic acids is 1. The first-order valence-electron chi connectivity index (χ1n) is 10.3. The molecule has 3 nitrogen and oxygen atoms in total. The van der Waals surface area contributed by atoms with E-state index in [0.29, 0.717) is 22.4 Å². The third-order valence-electron chi connectivity index (χ3n) is 5.26. The molecule has 0 N–H and O–H groups in total. The van der Waals surface area contributed by atoms with E-state index in [-0.39, 0.29) is 18.0 Å². The quantitative estimate of drug-likeness (QED) is 0.285. The Morgan fingerprint density at radius 1 is 0.848 bits per heavy atom. The topological polar surface area (TPSA) is 39.2 Å². The highest BCUT2D eigenvalue weighted by Gasteiger charge is 2.32. The molecule has 4 aromatic rings. The van der Waals surface area contributed by atoms with Gasteiger partial charge in [-0.1, -0.05) is 66.7 Å². The molecule has 0 amide bonds. The first-order chi connectivity index (χ1) is 15.9. The van der Waals surface area contributed by atoms with Gasteiger partial charge in [0, 0.05) is 29.7 Å². The van der Waals surface area contributed by atoms with E-state index in [1.165, 1.54) is 12.1 Å². The molecule has 6 heteroatoms. The van der Waals surface area contributed by atoms with Crippen LogP contribution in [-0.2, 0) is 0 Å². The van der Waals surface area contributed by atoms with Crippen molar-refractivity contribution in [1.29, 1.82) is 0 Å². The summed E-state index contributed by atoms with van der Waals surface area (Å²) in [5.41, 5.74) is 3.12. The van der Waals surface area contributed by atoms with E-state index in [9.17, 15) is 18.0 Å². The van der Waals surface area contributed by atoms with Crippen LogP contribution in [0.4, 0.5) is 13.2 Å². The Bertz CT molecular complexity index is 1210. The molecule has 3 aromatic carbocycles. The third kappa shape index (κ3) is 5.66. The first-order valence-corrected chi connectivity index (χ1v) is 10.3. The van der Waals surface area contributed by atoms with Crippen molar-refractivity contribution in [3.05, 3.63) is 120 Å². The van der Waals surface area contributed by atoms with Crippen LogP contribution in [0.15, 0.2) is 103 Å². The molecule has 0 bridgehead atoms. The van der Waals surface area contributed by atoms with Crippen molar-refractivity contribution in [1.82, 2.24) is 4.98 Å². The number of rotatable bonds is 7. The fourth-order valence-corrected chi connectivity index (χ4v) is 3.80. The van der Waals surface area contributed by atoms with Crippen LogP contribution in [-0.4, -0.2) is 17.1 Å². The number of alkyl halides is 3. The molecule has 33 heavy (non-hydrogen) atoms. The summed E-state index contributed by atoms with van der Waals surface area (Å²) >= 11 is 0. The van der Waals surface area contributed by atoms with Crippen LogP contribution < -0.4 is 4.74 Å². The first kappa shape index (κ1) is 22.3. The number of ketones is 1. The average Bonchev–Trinajstić information content (AvgIpc) is 2.83. The summed E-state index contributed by atoms with van der Waals surface area (Å²) in [6, 6.07) is 27.6. The van der Waals surface area contributed by atoms with Crippen LogP contribution in [0.5, 0.6) is 5.75 Å². The van der Waals surface area contributed by atoms with Crippen molar-refractivity contribution < 1.29 is 22.7 Å². The maximum atomic E-state index is 13.1. The van der Waals surface area contributed by atoms with Crippen LogP contribution in [0, 0.1) is 0 Å². The lowest BCUT2D eigenvalue weighted by atomic mass is 9.82. The SMILES string of the molecule is O=C(C[C@H](c1ccccc1)c1cc(OC(F)(F)F)ccc1-c1ccccn1)c1ccccc1. The van der Waals surface area contributed by atoms with Gasteiger partial charge in [-0.25, -0.2) is 0 Å². The second kappa shape index (κ2) is 9.69. The minimum absolute atomic E-state index is 0.0727. The number of hydrogen-bond donors (Lipinski definition) is 0. The second-order valence-electron chi connectivity index (χ2n) is 7.47. The zero-order chi connectivity index (χ0) is 23.3. The zero-order valence-corrected chi connectivity index (χ0v) is 17.5.